The number of aromatic hydroxyl groups is 1. The van der Waals surface area contributed by atoms with Crippen molar-refractivity contribution in [3.05, 3.63) is 29.3 Å². The largest absolute Gasteiger partial charge is 0.508 e. The second-order valence-corrected chi connectivity index (χ2v) is 4.88. The van der Waals surface area contributed by atoms with Crippen molar-refractivity contribution in [2.45, 2.75) is 32.1 Å². The van der Waals surface area contributed by atoms with Crippen LogP contribution >= 0.6 is 0 Å². The number of benzene rings is 1. The molecule has 0 saturated heterocycles. The van der Waals surface area contributed by atoms with E-state index < -0.39 is 0 Å². The van der Waals surface area contributed by atoms with Crippen molar-refractivity contribution in [1.29, 1.82) is 0 Å². The Hall–Kier alpha value is -1.02. The second kappa shape index (κ2) is 4.88. The number of hydrogen-bond acceptors (Lipinski definition) is 2. The van der Waals surface area contributed by atoms with Crippen LogP contribution in [0.2, 0.25) is 0 Å². The molecule has 0 heterocycles. The van der Waals surface area contributed by atoms with Gasteiger partial charge >= 0.3 is 0 Å². The minimum absolute atomic E-state index is 0.406. The van der Waals surface area contributed by atoms with Crippen LogP contribution in [-0.2, 0) is 6.42 Å². The molecule has 1 aromatic carbocycles. The molecule has 0 aromatic heterocycles. The predicted octanol–water partition coefficient (Wildman–Crippen LogP) is 2.76. The third-order valence-electron chi connectivity index (χ3n) is 3.47. The van der Waals surface area contributed by atoms with Crippen molar-refractivity contribution in [3.63, 3.8) is 0 Å². The lowest BCUT2D eigenvalue weighted by molar-refractivity contribution is 0.310. The summed E-state index contributed by atoms with van der Waals surface area (Å²) in [5.41, 5.74) is 2.79. The highest BCUT2D eigenvalue weighted by Gasteiger charge is 2.23. The summed E-state index contributed by atoms with van der Waals surface area (Å²) in [4.78, 5) is 2.39. The maximum absolute atomic E-state index is 9.54. The van der Waals surface area contributed by atoms with Crippen LogP contribution in [0.4, 0.5) is 0 Å². The van der Waals surface area contributed by atoms with Crippen LogP contribution in [-0.4, -0.2) is 30.1 Å². The van der Waals surface area contributed by atoms with Crippen molar-refractivity contribution in [3.8, 4) is 5.75 Å². The molecule has 88 valence electrons. The van der Waals surface area contributed by atoms with E-state index >= 15 is 0 Å². The highest BCUT2D eigenvalue weighted by Crippen LogP contribution is 2.35. The number of fused-ring (bicyclic) bond motifs is 1. The normalized spacial score (nSPS) is 19.1. The van der Waals surface area contributed by atoms with Gasteiger partial charge in [0, 0.05) is 6.54 Å². The van der Waals surface area contributed by atoms with Gasteiger partial charge in [-0.25, -0.2) is 0 Å². The van der Waals surface area contributed by atoms with E-state index in [9.17, 15) is 5.11 Å². The molecule has 1 N–H and O–H groups in total. The molecular formula is C14H21NO. The zero-order valence-electron chi connectivity index (χ0n) is 10.2. The minimum Gasteiger partial charge on any atom is -0.508 e. The Labute approximate surface area is 97.9 Å². The Kier molecular flexibility index (Phi) is 3.49. The van der Waals surface area contributed by atoms with E-state index in [4.69, 9.17) is 0 Å². The van der Waals surface area contributed by atoms with Crippen LogP contribution in [0.15, 0.2) is 18.2 Å². The molecular weight excluding hydrogens is 198 g/mol. The molecule has 0 spiro atoms. The molecule has 0 fully saturated rings. The Balaban J connectivity index is 2.08. The summed E-state index contributed by atoms with van der Waals surface area (Å²) in [6, 6.07) is 5.83. The fraction of sp³-hybridized carbons (Fsp3) is 0.571. The molecule has 0 radical (unpaired) electrons. The van der Waals surface area contributed by atoms with Gasteiger partial charge in [-0.2, -0.15) is 0 Å². The van der Waals surface area contributed by atoms with E-state index in [1.165, 1.54) is 30.4 Å². The number of phenolic OH excluding ortho intramolecular Hbond substituents is 1. The Morgan fingerprint density at radius 3 is 3.00 bits per heavy atom. The fourth-order valence-corrected chi connectivity index (χ4v) is 2.71. The number of aryl methyl sites for hydroxylation is 1. The summed E-state index contributed by atoms with van der Waals surface area (Å²) >= 11 is 0. The Morgan fingerprint density at radius 2 is 2.25 bits per heavy atom. The molecule has 0 saturated carbocycles. The second-order valence-electron chi connectivity index (χ2n) is 4.88. The van der Waals surface area contributed by atoms with E-state index in [1.54, 1.807) is 6.07 Å². The van der Waals surface area contributed by atoms with Crippen LogP contribution in [0.5, 0.6) is 5.75 Å². The zero-order valence-corrected chi connectivity index (χ0v) is 10.2. The standard InChI is InChI=1S/C14H21NO/c1-3-8-15(2)10-12-5-4-11-6-7-13(16)9-14(11)12/h6-7,9,12,16H,3-5,8,10H2,1-2H3. The summed E-state index contributed by atoms with van der Waals surface area (Å²) < 4.78 is 0. The number of hydrogen-bond donors (Lipinski definition) is 1. The summed E-state index contributed by atoms with van der Waals surface area (Å²) in [5.74, 6) is 1.02. The van der Waals surface area contributed by atoms with E-state index in [0.29, 0.717) is 11.7 Å². The van der Waals surface area contributed by atoms with E-state index in [2.05, 4.69) is 24.9 Å². The first kappa shape index (κ1) is 11.5. The highest BCUT2D eigenvalue weighted by molar-refractivity contribution is 5.40. The fourth-order valence-electron chi connectivity index (χ4n) is 2.71. The van der Waals surface area contributed by atoms with E-state index in [1.807, 2.05) is 6.07 Å². The number of likely N-dealkylation sites (N-methyl/N-ethyl adjacent to an activating group) is 1. The van der Waals surface area contributed by atoms with Crippen LogP contribution in [0.25, 0.3) is 0 Å². The van der Waals surface area contributed by atoms with E-state index in [0.717, 1.165) is 13.1 Å². The lowest BCUT2D eigenvalue weighted by atomic mass is 10.0. The topological polar surface area (TPSA) is 23.5 Å². The molecule has 0 amide bonds. The number of rotatable bonds is 4. The summed E-state index contributed by atoms with van der Waals surface area (Å²) in [6.45, 7) is 4.49. The van der Waals surface area contributed by atoms with Crippen molar-refractivity contribution < 1.29 is 5.11 Å². The Bertz CT molecular complexity index is 362. The summed E-state index contributed by atoms with van der Waals surface area (Å²) in [7, 11) is 2.18. The average Bonchev–Trinajstić information content (AvgIpc) is 2.61. The zero-order chi connectivity index (χ0) is 11.5. The summed E-state index contributed by atoms with van der Waals surface area (Å²) in [6.07, 6.45) is 3.60. The van der Waals surface area contributed by atoms with Crippen molar-refractivity contribution in [1.82, 2.24) is 4.90 Å². The van der Waals surface area contributed by atoms with Gasteiger partial charge in [0.05, 0.1) is 0 Å². The molecule has 2 nitrogen and oxygen atoms in total. The molecule has 1 aromatic rings. The molecule has 1 atom stereocenters. The number of nitrogens with zero attached hydrogens (tertiary/aromatic N) is 1. The van der Waals surface area contributed by atoms with Gasteiger partial charge in [0.25, 0.3) is 0 Å². The van der Waals surface area contributed by atoms with Crippen LogP contribution in [0.3, 0.4) is 0 Å². The smallest absolute Gasteiger partial charge is 0.115 e. The maximum Gasteiger partial charge on any atom is 0.115 e. The first-order chi connectivity index (χ1) is 7.70. The van der Waals surface area contributed by atoms with Gasteiger partial charge in [0.2, 0.25) is 0 Å². The molecule has 0 aliphatic heterocycles. The van der Waals surface area contributed by atoms with Crippen molar-refractivity contribution in [2.75, 3.05) is 20.1 Å². The highest BCUT2D eigenvalue weighted by atomic mass is 16.3. The van der Waals surface area contributed by atoms with Gasteiger partial charge in [0.15, 0.2) is 0 Å². The molecule has 2 heteroatoms. The monoisotopic (exact) mass is 219 g/mol. The number of phenols is 1. The van der Waals surface area contributed by atoms with Crippen molar-refractivity contribution >= 4 is 0 Å². The molecule has 2 rings (SSSR count). The first-order valence-corrected chi connectivity index (χ1v) is 6.21. The van der Waals surface area contributed by atoms with Crippen LogP contribution < -0.4 is 0 Å². The van der Waals surface area contributed by atoms with Gasteiger partial charge in [0.1, 0.15) is 5.75 Å². The quantitative estimate of drug-likeness (QED) is 0.841. The maximum atomic E-state index is 9.54. The van der Waals surface area contributed by atoms with E-state index in [-0.39, 0.29) is 0 Å². The van der Waals surface area contributed by atoms with Gasteiger partial charge in [-0.05, 0) is 62.0 Å². The van der Waals surface area contributed by atoms with Gasteiger partial charge in [-0.15, -0.1) is 0 Å². The predicted molar refractivity (Wildman–Crippen MR) is 67.0 cm³/mol. The third-order valence-corrected chi connectivity index (χ3v) is 3.47. The van der Waals surface area contributed by atoms with Crippen LogP contribution in [0, 0.1) is 0 Å². The van der Waals surface area contributed by atoms with Gasteiger partial charge in [-0.1, -0.05) is 13.0 Å². The van der Waals surface area contributed by atoms with Gasteiger partial charge in [-0.3, -0.25) is 0 Å². The summed E-state index contributed by atoms with van der Waals surface area (Å²) in [5, 5.41) is 9.54. The van der Waals surface area contributed by atoms with Crippen LogP contribution in [0.1, 0.15) is 36.8 Å². The van der Waals surface area contributed by atoms with Gasteiger partial charge < -0.3 is 10.0 Å². The first-order valence-electron chi connectivity index (χ1n) is 6.21. The minimum atomic E-state index is 0.406. The molecule has 1 aliphatic carbocycles. The van der Waals surface area contributed by atoms with Crippen molar-refractivity contribution in [2.24, 2.45) is 0 Å². The average molecular weight is 219 g/mol. The Morgan fingerprint density at radius 1 is 1.44 bits per heavy atom. The molecule has 0 bridgehead atoms. The lowest BCUT2D eigenvalue weighted by Crippen LogP contribution is -2.24. The SMILES string of the molecule is CCCN(C)CC1CCc2ccc(O)cc21. The molecule has 1 unspecified atom stereocenters. The molecule has 16 heavy (non-hydrogen) atoms. The molecule has 1 aliphatic rings. The lowest BCUT2D eigenvalue weighted by Gasteiger charge is -2.21. The third kappa shape index (κ3) is 2.38.